The molecule has 5 nitrogen and oxygen atoms in total. The number of hydrogen-bond acceptors (Lipinski definition) is 4. The van der Waals surface area contributed by atoms with E-state index >= 15 is 0 Å². The van der Waals surface area contributed by atoms with Crippen molar-refractivity contribution in [3.8, 4) is 0 Å². The number of nitrogens with zero attached hydrogens (tertiary/aromatic N) is 1. The number of anilines is 1. The van der Waals surface area contributed by atoms with Gasteiger partial charge in [-0.05, 0) is 19.1 Å². The molecule has 0 spiro atoms. The highest BCUT2D eigenvalue weighted by Crippen LogP contribution is 2.39. The van der Waals surface area contributed by atoms with Gasteiger partial charge in [-0.3, -0.25) is 14.9 Å². The molecule has 2 N–H and O–H groups in total. The Kier molecular flexibility index (Phi) is 3.08. The maximum absolute atomic E-state index is 12.5. The summed E-state index contributed by atoms with van der Waals surface area (Å²) >= 11 is 0. The van der Waals surface area contributed by atoms with Gasteiger partial charge in [0.1, 0.15) is 11.1 Å². The minimum atomic E-state index is -4.92. The number of rotatable bonds is 2. The molecule has 0 radical (unpaired) electrons. The van der Waals surface area contributed by atoms with Crippen LogP contribution in [0.25, 0.3) is 0 Å². The van der Waals surface area contributed by atoms with Gasteiger partial charge in [0.05, 0.1) is 4.92 Å². The summed E-state index contributed by atoms with van der Waals surface area (Å²) < 4.78 is 37.6. The van der Waals surface area contributed by atoms with Gasteiger partial charge in [-0.15, -0.1) is 0 Å². The molecular formula is C9H7F3N2O3. The van der Waals surface area contributed by atoms with E-state index in [9.17, 15) is 28.1 Å². The molecule has 0 atom stereocenters. The summed E-state index contributed by atoms with van der Waals surface area (Å²) in [7, 11) is 0. The maximum atomic E-state index is 12.5. The molecule has 0 heterocycles. The molecule has 0 amide bonds. The molecule has 0 aliphatic heterocycles. The number of nitro groups is 1. The van der Waals surface area contributed by atoms with Crippen LogP contribution < -0.4 is 5.73 Å². The molecular weight excluding hydrogens is 241 g/mol. The first kappa shape index (κ1) is 12.9. The van der Waals surface area contributed by atoms with E-state index in [2.05, 4.69) is 0 Å². The van der Waals surface area contributed by atoms with Crippen molar-refractivity contribution in [2.24, 2.45) is 0 Å². The predicted molar refractivity (Wildman–Crippen MR) is 52.5 cm³/mol. The van der Waals surface area contributed by atoms with Crippen LogP contribution in [0.4, 0.5) is 24.5 Å². The van der Waals surface area contributed by atoms with Gasteiger partial charge in [0.15, 0.2) is 5.78 Å². The number of nitrogens with two attached hydrogens (primary N) is 1. The number of benzene rings is 1. The summed E-state index contributed by atoms with van der Waals surface area (Å²) in [6.07, 6.45) is -4.92. The van der Waals surface area contributed by atoms with Crippen LogP contribution in [0.3, 0.4) is 0 Å². The van der Waals surface area contributed by atoms with E-state index in [1.54, 1.807) is 0 Å². The van der Waals surface area contributed by atoms with Crippen molar-refractivity contribution in [3.05, 3.63) is 33.4 Å². The van der Waals surface area contributed by atoms with Gasteiger partial charge in [-0.2, -0.15) is 13.2 Å². The largest absolute Gasteiger partial charge is 0.423 e. The summed E-state index contributed by atoms with van der Waals surface area (Å²) in [4.78, 5) is 20.5. The van der Waals surface area contributed by atoms with Crippen LogP contribution in [0.15, 0.2) is 12.1 Å². The van der Waals surface area contributed by atoms with E-state index in [0.29, 0.717) is 6.07 Å². The number of carbonyl (C=O) groups is 1. The molecule has 0 aromatic heterocycles. The molecule has 0 aliphatic rings. The third-order valence-corrected chi connectivity index (χ3v) is 2.05. The van der Waals surface area contributed by atoms with Crippen molar-refractivity contribution in [3.63, 3.8) is 0 Å². The number of nitrogen functional groups attached to an aromatic ring is 1. The first-order valence-electron chi connectivity index (χ1n) is 4.31. The topological polar surface area (TPSA) is 86.2 Å². The fourth-order valence-electron chi connectivity index (χ4n) is 1.40. The third-order valence-electron chi connectivity index (χ3n) is 2.05. The van der Waals surface area contributed by atoms with Gasteiger partial charge >= 0.3 is 6.18 Å². The Balaban J connectivity index is 3.72. The summed E-state index contributed by atoms with van der Waals surface area (Å²) in [5.41, 5.74) is 1.43. The average Bonchev–Trinajstić information content (AvgIpc) is 2.14. The zero-order valence-corrected chi connectivity index (χ0v) is 8.54. The fraction of sp³-hybridized carbons (Fsp3) is 0.222. The van der Waals surface area contributed by atoms with Gasteiger partial charge in [0, 0.05) is 5.69 Å². The van der Waals surface area contributed by atoms with Crippen molar-refractivity contribution < 1.29 is 22.9 Å². The Morgan fingerprint density at radius 3 is 2.29 bits per heavy atom. The van der Waals surface area contributed by atoms with Crippen molar-refractivity contribution in [2.75, 3.05) is 5.73 Å². The molecule has 17 heavy (non-hydrogen) atoms. The lowest BCUT2D eigenvalue weighted by atomic mass is 10.0. The normalized spacial score (nSPS) is 11.3. The summed E-state index contributed by atoms with van der Waals surface area (Å²) in [6.45, 7) is 0.916. The lowest BCUT2D eigenvalue weighted by Crippen LogP contribution is -2.14. The second kappa shape index (κ2) is 4.04. The van der Waals surface area contributed by atoms with Crippen LogP contribution >= 0.6 is 0 Å². The number of carbonyl (C=O) groups excluding carboxylic acids is 1. The van der Waals surface area contributed by atoms with Crippen LogP contribution in [-0.2, 0) is 6.18 Å². The van der Waals surface area contributed by atoms with E-state index in [0.717, 1.165) is 13.0 Å². The van der Waals surface area contributed by atoms with Crippen molar-refractivity contribution in [2.45, 2.75) is 13.1 Å². The van der Waals surface area contributed by atoms with Gasteiger partial charge < -0.3 is 5.73 Å². The van der Waals surface area contributed by atoms with Gasteiger partial charge in [-0.1, -0.05) is 0 Å². The van der Waals surface area contributed by atoms with Gasteiger partial charge in [-0.25, -0.2) is 0 Å². The highest BCUT2D eigenvalue weighted by atomic mass is 19.4. The first-order chi connectivity index (χ1) is 7.66. The van der Waals surface area contributed by atoms with Crippen LogP contribution in [-0.4, -0.2) is 10.7 Å². The SMILES string of the molecule is CC(=O)c1c(N)ccc(C(F)(F)F)c1[N+](=O)[O-]. The van der Waals surface area contributed by atoms with Gasteiger partial charge in [0.25, 0.3) is 5.69 Å². The Labute approximate surface area is 93.2 Å². The Morgan fingerprint density at radius 2 is 1.94 bits per heavy atom. The maximum Gasteiger partial charge on any atom is 0.423 e. The molecule has 0 fully saturated rings. The monoisotopic (exact) mass is 248 g/mol. The summed E-state index contributed by atoms with van der Waals surface area (Å²) in [5, 5.41) is 10.6. The summed E-state index contributed by atoms with van der Waals surface area (Å²) in [6, 6.07) is 1.31. The molecule has 0 unspecified atom stereocenters. The minimum absolute atomic E-state index is 0.350. The molecule has 0 saturated carbocycles. The Hall–Kier alpha value is -2.12. The van der Waals surface area contributed by atoms with Crippen LogP contribution in [0.1, 0.15) is 22.8 Å². The molecule has 0 aliphatic carbocycles. The summed E-state index contributed by atoms with van der Waals surface area (Å²) in [5.74, 6) is -0.889. The third kappa shape index (κ3) is 2.35. The molecule has 1 aromatic rings. The first-order valence-corrected chi connectivity index (χ1v) is 4.31. The van der Waals surface area contributed by atoms with Crippen molar-refractivity contribution >= 4 is 17.2 Å². The van der Waals surface area contributed by atoms with E-state index in [1.165, 1.54) is 0 Å². The highest BCUT2D eigenvalue weighted by Gasteiger charge is 2.41. The molecule has 0 saturated heterocycles. The Bertz CT molecular complexity index is 497. The average molecular weight is 248 g/mol. The molecule has 1 aromatic carbocycles. The van der Waals surface area contributed by atoms with E-state index in [-0.39, 0.29) is 5.69 Å². The van der Waals surface area contributed by atoms with Crippen LogP contribution in [0, 0.1) is 10.1 Å². The Morgan fingerprint density at radius 1 is 1.41 bits per heavy atom. The number of Topliss-reactive ketones (excluding diaryl/α,β-unsaturated/α-hetero) is 1. The standard InChI is InChI=1S/C9H7F3N2O3/c1-4(15)7-6(13)3-2-5(9(10,11)12)8(7)14(16)17/h2-3H,13H2,1H3. The number of ketones is 1. The molecule has 1 rings (SSSR count). The minimum Gasteiger partial charge on any atom is -0.398 e. The zero-order chi connectivity index (χ0) is 13.4. The van der Waals surface area contributed by atoms with E-state index < -0.39 is 33.7 Å². The van der Waals surface area contributed by atoms with Crippen LogP contribution in [0.2, 0.25) is 0 Å². The van der Waals surface area contributed by atoms with E-state index in [4.69, 9.17) is 5.73 Å². The second-order valence-corrected chi connectivity index (χ2v) is 3.24. The second-order valence-electron chi connectivity index (χ2n) is 3.24. The number of hydrogen-bond donors (Lipinski definition) is 1. The number of nitro benzene ring substituents is 1. The lowest BCUT2D eigenvalue weighted by Gasteiger charge is -2.10. The molecule has 0 bridgehead atoms. The van der Waals surface area contributed by atoms with Crippen molar-refractivity contribution in [1.29, 1.82) is 0 Å². The highest BCUT2D eigenvalue weighted by molar-refractivity contribution is 6.03. The molecule has 8 heteroatoms. The van der Waals surface area contributed by atoms with Gasteiger partial charge in [0.2, 0.25) is 0 Å². The number of alkyl halides is 3. The predicted octanol–water partition coefficient (Wildman–Crippen LogP) is 2.40. The zero-order valence-electron chi connectivity index (χ0n) is 8.54. The molecule has 92 valence electrons. The number of halogens is 3. The smallest absolute Gasteiger partial charge is 0.398 e. The van der Waals surface area contributed by atoms with E-state index in [1.807, 2.05) is 0 Å². The quantitative estimate of drug-likeness (QED) is 0.377. The van der Waals surface area contributed by atoms with Crippen molar-refractivity contribution in [1.82, 2.24) is 0 Å². The lowest BCUT2D eigenvalue weighted by molar-refractivity contribution is -0.388. The van der Waals surface area contributed by atoms with Crippen LogP contribution in [0.5, 0.6) is 0 Å². The fourth-order valence-corrected chi connectivity index (χ4v) is 1.40.